The second-order valence-electron chi connectivity index (χ2n) is 6.85. The van der Waals surface area contributed by atoms with Crippen molar-refractivity contribution in [3.05, 3.63) is 47.7 Å². The van der Waals surface area contributed by atoms with Crippen LogP contribution in [0, 0.1) is 12.8 Å². The number of carbonyl (C=O) groups is 1. The van der Waals surface area contributed by atoms with Crippen LogP contribution in [-0.4, -0.2) is 41.5 Å². The van der Waals surface area contributed by atoms with Crippen molar-refractivity contribution in [2.45, 2.75) is 35.7 Å². The van der Waals surface area contributed by atoms with Crippen LogP contribution in [0.5, 0.6) is 0 Å². The minimum absolute atomic E-state index is 0.0565. The van der Waals surface area contributed by atoms with E-state index in [1.165, 1.54) is 25.9 Å². The molecule has 1 atom stereocenters. The lowest BCUT2D eigenvalue weighted by molar-refractivity contribution is 0.0620. The van der Waals surface area contributed by atoms with Crippen molar-refractivity contribution in [2.75, 3.05) is 19.6 Å². The van der Waals surface area contributed by atoms with E-state index < -0.39 is 0 Å². The molecule has 0 radical (unpaired) electrons. The van der Waals surface area contributed by atoms with Crippen molar-refractivity contribution in [3.8, 4) is 0 Å². The molecule has 1 unspecified atom stereocenters. The van der Waals surface area contributed by atoms with E-state index in [9.17, 15) is 4.79 Å². The lowest BCUT2D eigenvalue weighted by atomic mass is 9.84. The van der Waals surface area contributed by atoms with Crippen molar-refractivity contribution in [3.63, 3.8) is 0 Å². The Morgan fingerprint density at radius 3 is 2.50 bits per heavy atom. The first kappa shape index (κ1) is 15.8. The van der Waals surface area contributed by atoms with Crippen LogP contribution in [0.1, 0.15) is 28.9 Å². The molecule has 126 valence electrons. The van der Waals surface area contributed by atoms with Gasteiger partial charge in [0.1, 0.15) is 0 Å². The predicted molar refractivity (Wildman–Crippen MR) is 96.5 cm³/mol. The van der Waals surface area contributed by atoms with E-state index >= 15 is 0 Å². The van der Waals surface area contributed by atoms with Crippen LogP contribution in [0.2, 0.25) is 0 Å². The average Bonchev–Trinajstić information content (AvgIpc) is 3.01. The van der Waals surface area contributed by atoms with E-state index in [2.05, 4.69) is 27.3 Å². The lowest BCUT2D eigenvalue weighted by Gasteiger charge is -2.44. The summed E-state index contributed by atoms with van der Waals surface area (Å²) in [4.78, 5) is 19.4. The highest BCUT2D eigenvalue weighted by molar-refractivity contribution is 7.99. The van der Waals surface area contributed by atoms with Gasteiger partial charge < -0.3 is 15.2 Å². The lowest BCUT2D eigenvalue weighted by Crippen LogP contribution is -2.57. The third kappa shape index (κ3) is 3.37. The molecule has 2 N–H and O–H groups in total. The minimum Gasteiger partial charge on any atom is -0.354 e. The molecular weight excluding hydrogens is 318 g/mol. The summed E-state index contributed by atoms with van der Waals surface area (Å²) in [7, 11) is 0. The fourth-order valence-electron chi connectivity index (χ4n) is 3.72. The van der Waals surface area contributed by atoms with Crippen LogP contribution >= 0.6 is 11.8 Å². The SMILES string of the molecule is Cc1ccc(Sc2ccc(C(=O)NC3CN4CCC3CC4)cc2)[nH]1. The summed E-state index contributed by atoms with van der Waals surface area (Å²) in [5, 5.41) is 4.37. The monoisotopic (exact) mass is 341 g/mol. The number of rotatable bonds is 4. The van der Waals surface area contributed by atoms with Crippen LogP contribution in [0.3, 0.4) is 0 Å². The summed E-state index contributed by atoms with van der Waals surface area (Å²) >= 11 is 1.68. The number of aromatic nitrogens is 1. The zero-order valence-electron chi connectivity index (χ0n) is 13.9. The number of carbonyl (C=O) groups excluding carboxylic acids is 1. The van der Waals surface area contributed by atoms with E-state index in [1.54, 1.807) is 11.8 Å². The number of hydrogen-bond donors (Lipinski definition) is 2. The summed E-state index contributed by atoms with van der Waals surface area (Å²) < 4.78 is 0. The Morgan fingerprint density at radius 2 is 1.92 bits per heavy atom. The van der Waals surface area contributed by atoms with Crippen LogP contribution in [0.4, 0.5) is 0 Å². The Kier molecular flexibility index (Phi) is 4.37. The molecule has 3 fully saturated rings. The van der Waals surface area contributed by atoms with Gasteiger partial charge in [0.05, 0.1) is 5.03 Å². The number of nitrogens with zero attached hydrogens (tertiary/aromatic N) is 1. The Balaban J connectivity index is 1.38. The zero-order valence-corrected chi connectivity index (χ0v) is 14.7. The Hall–Kier alpha value is -1.72. The summed E-state index contributed by atoms with van der Waals surface area (Å²) in [5.41, 5.74) is 1.91. The number of amides is 1. The van der Waals surface area contributed by atoms with Gasteiger partial charge in [0.2, 0.25) is 0 Å². The molecule has 0 saturated carbocycles. The van der Waals surface area contributed by atoms with Gasteiger partial charge in [-0.2, -0.15) is 0 Å². The van der Waals surface area contributed by atoms with Crippen LogP contribution < -0.4 is 5.32 Å². The number of hydrogen-bond acceptors (Lipinski definition) is 3. The van der Waals surface area contributed by atoms with Gasteiger partial charge in [-0.05, 0) is 75.2 Å². The molecule has 3 aliphatic heterocycles. The second-order valence-corrected chi connectivity index (χ2v) is 7.97. The summed E-state index contributed by atoms with van der Waals surface area (Å²) in [5.74, 6) is 0.714. The van der Waals surface area contributed by atoms with Gasteiger partial charge in [-0.1, -0.05) is 11.8 Å². The Bertz CT molecular complexity index is 716. The third-order valence-electron chi connectivity index (χ3n) is 5.12. The highest BCUT2D eigenvalue weighted by atomic mass is 32.2. The topological polar surface area (TPSA) is 48.1 Å². The van der Waals surface area contributed by atoms with Crippen LogP contribution in [-0.2, 0) is 0 Å². The third-order valence-corrected chi connectivity index (χ3v) is 6.09. The van der Waals surface area contributed by atoms with Crippen molar-refractivity contribution >= 4 is 17.7 Å². The normalized spacial score (nSPS) is 25.6. The van der Waals surface area contributed by atoms with Gasteiger partial charge in [-0.15, -0.1) is 0 Å². The maximum atomic E-state index is 12.5. The molecule has 24 heavy (non-hydrogen) atoms. The molecule has 5 heteroatoms. The van der Waals surface area contributed by atoms with E-state index in [4.69, 9.17) is 0 Å². The van der Waals surface area contributed by atoms with E-state index in [0.717, 1.165) is 27.7 Å². The standard InChI is InChI=1S/C19H23N3OS/c1-13-2-7-18(20-13)24-16-5-3-15(4-6-16)19(23)21-17-12-22-10-8-14(17)9-11-22/h2-7,14,17,20H,8-12H2,1H3,(H,21,23). The predicted octanol–water partition coefficient (Wildman–Crippen LogP) is 3.30. The fraction of sp³-hybridized carbons (Fsp3) is 0.421. The number of H-pyrrole nitrogens is 1. The molecule has 5 rings (SSSR count). The first-order valence-corrected chi connectivity index (χ1v) is 9.46. The van der Waals surface area contributed by atoms with Crippen molar-refractivity contribution in [1.29, 1.82) is 0 Å². The maximum absolute atomic E-state index is 12.5. The van der Waals surface area contributed by atoms with Gasteiger partial charge >= 0.3 is 0 Å². The number of aryl methyl sites for hydroxylation is 1. The Labute approximate surface area is 147 Å². The highest BCUT2D eigenvalue weighted by Gasteiger charge is 2.34. The number of fused-ring (bicyclic) bond motifs is 3. The van der Waals surface area contributed by atoms with Crippen molar-refractivity contribution in [2.24, 2.45) is 5.92 Å². The zero-order chi connectivity index (χ0) is 16.5. The van der Waals surface area contributed by atoms with Crippen LogP contribution in [0.15, 0.2) is 46.3 Å². The molecule has 1 amide bonds. The van der Waals surface area contributed by atoms with Crippen molar-refractivity contribution < 1.29 is 4.79 Å². The fourth-order valence-corrected chi connectivity index (χ4v) is 4.59. The molecule has 1 aromatic heterocycles. The summed E-state index contributed by atoms with van der Waals surface area (Å²) in [6.45, 7) is 5.45. The molecular formula is C19H23N3OS. The number of piperidine rings is 3. The van der Waals surface area contributed by atoms with Gasteiger partial charge in [0.25, 0.3) is 5.91 Å². The number of nitrogens with one attached hydrogen (secondary N) is 2. The summed E-state index contributed by atoms with van der Waals surface area (Å²) in [6.07, 6.45) is 2.44. The molecule has 0 spiro atoms. The molecule has 1 aromatic carbocycles. The average molecular weight is 341 g/mol. The molecule has 3 saturated heterocycles. The summed E-state index contributed by atoms with van der Waals surface area (Å²) in [6, 6.07) is 12.4. The number of benzene rings is 1. The largest absolute Gasteiger partial charge is 0.354 e. The quantitative estimate of drug-likeness (QED) is 0.897. The van der Waals surface area contributed by atoms with E-state index in [0.29, 0.717) is 12.0 Å². The highest BCUT2D eigenvalue weighted by Crippen LogP contribution is 2.29. The maximum Gasteiger partial charge on any atom is 0.251 e. The molecule has 0 aliphatic carbocycles. The van der Waals surface area contributed by atoms with Gasteiger partial charge in [0.15, 0.2) is 0 Å². The molecule has 2 bridgehead atoms. The molecule has 4 heterocycles. The molecule has 4 nitrogen and oxygen atoms in total. The van der Waals surface area contributed by atoms with Crippen molar-refractivity contribution in [1.82, 2.24) is 15.2 Å². The van der Waals surface area contributed by atoms with Gasteiger partial charge in [0, 0.05) is 28.7 Å². The first-order chi connectivity index (χ1) is 11.7. The van der Waals surface area contributed by atoms with Gasteiger partial charge in [-0.3, -0.25) is 4.79 Å². The van der Waals surface area contributed by atoms with Crippen LogP contribution in [0.25, 0.3) is 0 Å². The minimum atomic E-state index is 0.0565. The van der Waals surface area contributed by atoms with Gasteiger partial charge in [-0.25, -0.2) is 0 Å². The first-order valence-electron chi connectivity index (χ1n) is 8.64. The van der Waals surface area contributed by atoms with E-state index in [-0.39, 0.29) is 5.91 Å². The smallest absolute Gasteiger partial charge is 0.251 e. The van der Waals surface area contributed by atoms with E-state index in [1.807, 2.05) is 31.2 Å². The second kappa shape index (κ2) is 6.65. The molecule has 3 aliphatic rings. The Morgan fingerprint density at radius 1 is 1.17 bits per heavy atom. The molecule has 2 aromatic rings. The number of aromatic amines is 1.